The summed E-state index contributed by atoms with van der Waals surface area (Å²) in [5.41, 5.74) is 0. The van der Waals surface area contributed by atoms with Gasteiger partial charge in [0.2, 0.25) is 5.91 Å². The number of amides is 1. The molecule has 0 aliphatic rings. The van der Waals surface area contributed by atoms with Crippen LogP contribution < -0.4 is 10.1 Å². The van der Waals surface area contributed by atoms with E-state index < -0.39 is 0 Å². The van der Waals surface area contributed by atoms with Crippen molar-refractivity contribution in [3.63, 3.8) is 0 Å². The summed E-state index contributed by atoms with van der Waals surface area (Å²) in [5, 5.41) is 2.72. The molecular weight excluding hydrogens is 365 g/mol. The van der Waals surface area contributed by atoms with Gasteiger partial charge in [0, 0.05) is 26.1 Å². The van der Waals surface area contributed by atoms with E-state index in [9.17, 15) is 9.59 Å². The SMILES string of the molecule is CC(=O)NCCSc1cccc(I)c1OC(C)=O. The highest BCUT2D eigenvalue weighted by atomic mass is 127. The van der Waals surface area contributed by atoms with Gasteiger partial charge in [0.1, 0.15) is 0 Å². The lowest BCUT2D eigenvalue weighted by Crippen LogP contribution is -2.22. The molecule has 1 aromatic carbocycles. The number of hydrogen-bond donors (Lipinski definition) is 1. The Labute approximate surface area is 124 Å². The number of carbonyl (C=O) groups is 2. The van der Waals surface area contributed by atoms with Gasteiger partial charge in [0.25, 0.3) is 0 Å². The first-order valence-electron chi connectivity index (χ1n) is 5.35. The molecule has 0 saturated carbocycles. The molecule has 0 radical (unpaired) electrons. The van der Waals surface area contributed by atoms with Crippen molar-refractivity contribution in [1.29, 1.82) is 0 Å². The van der Waals surface area contributed by atoms with Gasteiger partial charge in [-0.05, 0) is 34.7 Å². The zero-order valence-electron chi connectivity index (χ0n) is 10.2. The van der Waals surface area contributed by atoms with E-state index in [2.05, 4.69) is 27.9 Å². The largest absolute Gasteiger partial charge is 0.424 e. The molecule has 0 aliphatic heterocycles. The van der Waals surface area contributed by atoms with Crippen LogP contribution in [0, 0.1) is 3.57 Å². The van der Waals surface area contributed by atoms with Gasteiger partial charge < -0.3 is 10.1 Å². The number of esters is 1. The average Bonchev–Trinajstić information content (AvgIpc) is 2.27. The summed E-state index contributed by atoms with van der Waals surface area (Å²) >= 11 is 3.68. The van der Waals surface area contributed by atoms with Crippen LogP contribution >= 0.6 is 34.4 Å². The predicted molar refractivity (Wildman–Crippen MR) is 79.9 cm³/mol. The molecule has 0 atom stereocenters. The Hall–Kier alpha value is -0.760. The minimum absolute atomic E-state index is 0.0431. The number of ether oxygens (including phenoxy) is 1. The number of hydrogen-bond acceptors (Lipinski definition) is 4. The second-order valence-corrected chi connectivity index (χ2v) is 5.79. The number of rotatable bonds is 5. The van der Waals surface area contributed by atoms with E-state index in [1.165, 1.54) is 13.8 Å². The monoisotopic (exact) mass is 379 g/mol. The number of para-hydroxylation sites is 1. The summed E-state index contributed by atoms with van der Waals surface area (Å²) in [6.07, 6.45) is 0. The molecule has 1 aromatic rings. The molecule has 0 aromatic heterocycles. The highest BCUT2D eigenvalue weighted by Gasteiger charge is 2.10. The molecule has 18 heavy (non-hydrogen) atoms. The lowest BCUT2D eigenvalue weighted by molar-refractivity contribution is -0.132. The normalized spacial score (nSPS) is 9.94. The van der Waals surface area contributed by atoms with Crippen molar-refractivity contribution >= 4 is 46.2 Å². The third kappa shape index (κ3) is 5.26. The molecule has 0 aliphatic carbocycles. The van der Waals surface area contributed by atoms with Crippen LogP contribution in [0.5, 0.6) is 5.75 Å². The molecule has 0 saturated heterocycles. The maximum Gasteiger partial charge on any atom is 0.308 e. The van der Waals surface area contributed by atoms with E-state index >= 15 is 0 Å². The Bertz CT molecular complexity index is 451. The van der Waals surface area contributed by atoms with Crippen LogP contribution in [0.15, 0.2) is 23.1 Å². The van der Waals surface area contributed by atoms with Crippen LogP contribution in [0.25, 0.3) is 0 Å². The molecule has 1 amide bonds. The fourth-order valence-electron chi connectivity index (χ4n) is 1.23. The minimum Gasteiger partial charge on any atom is -0.424 e. The van der Waals surface area contributed by atoms with E-state index in [0.717, 1.165) is 14.2 Å². The molecule has 0 unspecified atom stereocenters. The zero-order valence-corrected chi connectivity index (χ0v) is 13.1. The molecule has 1 N–H and O–H groups in total. The summed E-state index contributed by atoms with van der Waals surface area (Å²) in [6.45, 7) is 3.46. The van der Waals surface area contributed by atoms with Crippen molar-refractivity contribution in [2.45, 2.75) is 18.7 Å². The third-order valence-electron chi connectivity index (χ3n) is 1.91. The van der Waals surface area contributed by atoms with Crippen molar-refractivity contribution in [2.75, 3.05) is 12.3 Å². The fraction of sp³-hybridized carbons (Fsp3) is 0.333. The first-order chi connectivity index (χ1) is 8.50. The Kier molecular flexibility index (Phi) is 6.48. The van der Waals surface area contributed by atoms with Crippen LogP contribution in [0.3, 0.4) is 0 Å². The van der Waals surface area contributed by atoms with Gasteiger partial charge in [0.15, 0.2) is 5.75 Å². The van der Waals surface area contributed by atoms with E-state index in [1.54, 1.807) is 11.8 Å². The molecule has 4 nitrogen and oxygen atoms in total. The number of nitrogens with one attached hydrogen (secondary N) is 1. The Morgan fingerprint density at radius 3 is 2.72 bits per heavy atom. The van der Waals surface area contributed by atoms with Crippen LogP contribution in [0.1, 0.15) is 13.8 Å². The van der Waals surface area contributed by atoms with Crippen molar-refractivity contribution in [3.8, 4) is 5.75 Å². The van der Waals surface area contributed by atoms with E-state index in [0.29, 0.717) is 12.3 Å². The second-order valence-electron chi connectivity index (χ2n) is 3.49. The third-order valence-corrected chi connectivity index (χ3v) is 3.80. The fourth-order valence-corrected chi connectivity index (χ4v) is 2.91. The Morgan fingerprint density at radius 2 is 2.11 bits per heavy atom. The lowest BCUT2D eigenvalue weighted by Gasteiger charge is -2.10. The topological polar surface area (TPSA) is 55.4 Å². The summed E-state index contributed by atoms with van der Waals surface area (Å²) in [5.74, 6) is 0.952. The van der Waals surface area contributed by atoms with Crippen molar-refractivity contribution < 1.29 is 14.3 Å². The van der Waals surface area contributed by atoms with E-state index in [1.807, 2.05) is 18.2 Å². The number of thioether (sulfide) groups is 1. The van der Waals surface area contributed by atoms with Crippen LogP contribution in [0.2, 0.25) is 0 Å². The van der Waals surface area contributed by atoms with Gasteiger partial charge in [0.05, 0.1) is 8.47 Å². The first kappa shape index (κ1) is 15.3. The predicted octanol–water partition coefficient (Wildman–Crippen LogP) is 2.44. The molecule has 1 rings (SSSR count). The highest BCUT2D eigenvalue weighted by Crippen LogP contribution is 2.33. The Morgan fingerprint density at radius 1 is 1.39 bits per heavy atom. The smallest absolute Gasteiger partial charge is 0.308 e. The summed E-state index contributed by atoms with van der Waals surface area (Å²) in [6, 6.07) is 5.70. The van der Waals surface area contributed by atoms with Crippen LogP contribution in [-0.2, 0) is 9.59 Å². The molecule has 0 fully saturated rings. The van der Waals surface area contributed by atoms with Gasteiger partial charge >= 0.3 is 5.97 Å². The van der Waals surface area contributed by atoms with Crippen LogP contribution in [0.4, 0.5) is 0 Å². The molecular formula is C12H14INO3S. The molecule has 98 valence electrons. The van der Waals surface area contributed by atoms with Gasteiger partial charge in [-0.3, -0.25) is 9.59 Å². The van der Waals surface area contributed by atoms with Crippen molar-refractivity contribution in [2.24, 2.45) is 0 Å². The van der Waals surface area contributed by atoms with Gasteiger partial charge in [-0.15, -0.1) is 11.8 Å². The molecule has 0 spiro atoms. The number of benzene rings is 1. The first-order valence-corrected chi connectivity index (χ1v) is 7.41. The van der Waals surface area contributed by atoms with Gasteiger partial charge in [-0.2, -0.15) is 0 Å². The zero-order chi connectivity index (χ0) is 13.5. The molecule has 0 bridgehead atoms. The highest BCUT2D eigenvalue weighted by molar-refractivity contribution is 14.1. The summed E-state index contributed by atoms with van der Waals surface area (Å²) in [4.78, 5) is 22.7. The van der Waals surface area contributed by atoms with Crippen molar-refractivity contribution in [1.82, 2.24) is 5.32 Å². The van der Waals surface area contributed by atoms with Gasteiger partial charge in [-0.1, -0.05) is 6.07 Å². The maximum absolute atomic E-state index is 11.0. The Balaban J connectivity index is 2.66. The minimum atomic E-state index is -0.331. The molecule has 0 heterocycles. The number of carbonyl (C=O) groups excluding carboxylic acids is 2. The second kappa shape index (κ2) is 7.63. The van der Waals surface area contributed by atoms with Gasteiger partial charge in [-0.25, -0.2) is 0 Å². The lowest BCUT2D eigenvalue weighted by atomic mass is 10.3. The summed E-state index contributed by atoms with van der Waals surface area (Å²) in [7, 11) is 0. The van der Waals surface area contributed by atoms with Crippen molar-refractivity contribution in [3.05, 3.63) is 21.8 Å². The van der Waals surface area contributed by atoms with Crippen LogP contribution in [-0.4, -0.2) is 24.2 Å². The number of halogens is 1. The van der Waals surface area contributed by atoms with E-state index in [-0.39, 0.29) is 11.9 Å². The average molecular weight is 379 g/mol. The standard InChI is InChI=1S/C12H14INO3S/c1-8(15)14-6-7-18-11-5-3-4-10(13)12(11)17-9(2)16/h3-5H,6-7H2,1-2H3,(H,14,15). The quantitative estimate of drug-likeness (QED) is 0.281. The summed E-state index contributed by atoms with van der Waals surface area (Å²) < 4.78 is 6.10. The van der Waals surface area contributed by atoms with E-state index in [4.69, 9.17) is 4.74 Å². The maximum atomic E-state index is 11.0. The molecule has 6 heteroatoms.